The van der Waals surface area contributed by atoms with E-state index >= 15 is 0 Å². The lowest BCUT2D eigenvalue weighted by Gasteiger charge is -2.21. The molecule has 0 radical (unpaired) electrons. The fraction of sp³-hybridized carbons (Fsp3) is 0.952. The highest BCUT2D eigenvalue weighted by Crippen LogP contribution is 2.45. The first kappa shape index (κ1) is 101. The van der Waals surface area contributed by atoms with Gasteiger partial charge in [0.15, 0.2) is 12.2 Å². The summed E-state index contributed by atoms with van der Waals surface area (Å²) in [6.07, 6.45) is 69.6. The van der Waals surface area contributed by atoms with Gasteiger partial charge in [0.2, 0.25) is 0 Å². The highest BCUT2D eigenvalue weighted by atomic mass is 31.2. The van der Waals surface area contributed by atoms with Gasteiger partial charge in [0.05, 0.1) is 26.4 Å². The number of carbonyl (C=O) groups is 4. The molecule has 0 aliphatic heterocycles. The maximum absolute atomic E-state index is 13.1. The highest BCUT2D eigenvalue weighted by molar-refractivity contribution is 7.47. The monoisotopic (exact) mass is 1510 g/mol. The zero-order chi connectivity index (χ0) is 75.5. The Morgan fingerprint density at radius 3 is 0.660 bits per heavy atom. The van der Waals surface area contributed by atoms with Crippen LogP contribution in [0.1, 0.15) is 452 Å². The van der Waals surface area contributed by atoms with Gasteiger partial charge in [-0.2, -0.15) is 0 Å². The molecule has 5 atom stereocenters. The average molecular weight is 1510 g/mol. The lowest BCUT2D eigenvalue weighted by molar-refractivity contribution is -0.161. The van der Waals surface area contributed by atoms with Crippen molar-refractivity contribution in [3.8, 4) is 0 Å². The van der Waals surface area contributed by atoms with Gasteiger partial charge >= 0.3 is 39.5 Å². The number of phosphoric ester groups is 2. The summed E-state index contributed by atoms with van der Waals surface area (Å²) in [4.78, 5) is 73.1. The number of phosphoric acid groups is 2. The molecule has 0 rings (SSSR count). The molecule has 0 fully saturated rings. The number of hydrogen-bond donors (Lipinski definition) is 3. The largest absolute Gasteiger partial charge is 0.472 e. The van der Waals surface area contributed by atoms with Crippen LogP contribution in [0.2, 0.25) is 0 Å². The van der Waals surface area contributed by atoms with E-state index in [0.717, 1.165) is 95.8 Å². The van der Waals surface area contributed by atoms with E-state index in [0.29, 0.717) is 25.7 Å². The van der Waals surface area contributed by atoms with E-state index in [4.69, 9.17) is 37.0 Å². The molecule has 0 aromatic carbocycles. The van der Waals surface area contributed by atoms with Crippen molar-refractivity contribution >= 4 is 39.5 Å². The minimum Gasteiger partial charge on any atom is -0.462 e. The van der Waals surface area contributed by atoms with Crippen LogP contribution in [0.5, 0.6) is 0 Å². The van der Waals surface area contributed by atoms with Gasteiger partial charge in [-0.3, -0.25) is 37.3 Å². The van der Waals surface area contributed by atoms with Gasteiger partial charge in [-0.05, 0) is 31.6 Å². The van der Waals surface area contributed by atoms with Gasteiger partial charge in [-0.1, -0.05) is 401 Å². The summed E-state index contributed by atoms with van der Waals surface area (Å²) in [7, 11) is -9.92. The summed E-state index contributed by atoms with van der Waals surface area (Å²) in [5, 5.41) is 10.7. The number of aliphatic hydroxyl groups excluding tert-OH is 1. The maximum atomic E-state index is 13.1. The van der Waals surface area contributed by atoms with E-state index in [1.807, 2.05) is 0 Å². The molecular formula is C84H164O17P2. The Bertz CT molecular complexity index is 1960. The predicted molar refractivity (Wildman–Crippen MR) is 423 cm³/mol. The molecule has 17 nitrogen and oxygen atoms in total. The van der Waals surface area contributed by atoms with Gasteiger partial charge in [0.25, 0.3) is 0 Å². The van der Waals surface area contributed by atoms with Crippen molar-refractivity contribution in [2.45, 2.75) is 470 Å². The van der Waals surface area contributed by atoms with E-state index in [-0.39, 0.29) is 25.7 Å². The van der Waals surface area contributed by atoms with Crippen LogP contribution < -0.4 is 0 Å². The second-order valence-corrected chi connectivity index (χ2v) is 33.6. The smallest absolute Gasteiger partial charge is 0.462 e. The molecule has 2 unspecified atom stereocenters. The molecule has 19 heteroatoms. The molecule has 0 saturated carbocycles. The molecule has 0 aromatic heterocycles. The summed E-state index contributed by atoms with van der Waals surface area (Å²) in [5.41, 5.74) is 0. The first-order chi connectivity index (χ1) is 50.0. The second-order valence-electron chi connectivity index (χ2n) is 30.7. The highest BCUT2D eigenvalue weighted by Gasteiger charge is 2.30. The molecule has 0 bridgehead atoms. The lowest BCUT2D eigenvalue weighted by Crippen LogP contribution is -2.30. The van der Waals surface area contributed by atoms with Crippen molar-refractivity contribution < 1.29 is 80.2 Å². The fourth-order valence-corrected chi connectivity index (χ4v) is 14.7. The Morgan fingerprint density at radius 1 is 0.262 bits per heavy atom. The van der Waals surface area contributed by atoms with Gasteiger partial charge in [-0.25, -0.2) is 9.13 Å². The maximum Gasteiger partial charge on any atom is 0.472 e. The summed E-state index contributed by atoms with van der Waals surface area (Å²) >= 11 is 0. The quantitative estimate of drug-likeness (QED) is 0.0222. The summed E-state index contributed by atoms with van der Waals surface area (Å²) in [6, 6.07) is 0. The van der Waals surface area contributed by atoms with E-state index in [1.54, 1.807) is 0 Å². The average Bonchev–Trinajstić information content (AvgIpc) is 0.922. The second kappa shape index (κ2) is 76.8. The molecule has 0 heterocycles. The summed E-state index contributed by atoms with van der Waals surface area (Å²) in [5.74, 6) is -1.38. The van der Waals surface area contributed by atoms with Crippen molar-refractivity contribution in [1.29, 1.82) is 0 Å². The van der Waals surface area contributed by atoms with Crippen LogP contribution in [0.15, 0.2) is 0 Å². The van der Waals surface area contributed by atoms with Crippen LogP contribution in [0, 0.1) is 5.92 Å². The minimum absolute atomic E-state index is 0.107. The van der Waals surface area contributed by atoms with Crippen LogP contribution >= 0.6 is 15.6 Å². The molecule has 0 amide bonds. The van der Waals surface area contributed by atoms with Crippen LogP contribution in [0.25, 0.3) is 0 Å². The van der Waals surface area contributed by atoms with Gasteiger partial charge in [0, 0.05) is 25.7 Å². The lowest BCUT2D eigenvalue weighted by atomic mass is 10.0. The number of aliphatic hydroxyl groups is 1. The van der Waals surface area contributed by atoms with Crippen molar-refractivity contribution in [1.82, 2.24) is 0 Å². The Morgan fingerprint density at radius 2 is 0.447 bits per heavy atom. The Balaban J connectivity index is 5.21. The molecule has 612 valence electrons. The molecule has 0 spiro atoms. The molecule has 3 N–H and O–H groups in total. The van der Waals surface area contributed by atoms with Crippen molar-refractivity contribution in [3.05, 3.63) is 0 Å². The SMILES string of the molecule is CCCCCCCCCCCCCCCCCCCCCCCCC(=O)O[C@H](COC(=O)CCCCCCCCCCCCCCCCCCCC)COP(=O)(O)OC[C@@H](O)COP(=O)(O)OC[C@@H](COC(=O)CCCCCCCCCCC(C)C)OC(=O)CCCCCCCCCCCCCC. The molecule has 0 saturated heterocycles. The van der Waals surface area contributed by atoms with E-state index in [1.165, 1.54) is 276 Å². The fourth-order valence-electron chi connectivity index (χ4n) is 13.1. The number of hydrogen-bond acceptors (Lipinski definition) is 15. The zero-order valence-corrected chi connectivity index (χ0v) is 69.3. The number of rotatable bonds is 84. The van der Waals surface area contributed by atoms with Crippen LogP contribution in [0.3, 0.4) is 0 Å². The van der Waals surface area contributed by atoms with Crippen LogP contribution in [-0.2, 0) is 65.4 Å². The summed E-state index contributed by atoms with van der Waals surface area (Å²) in [6.45, 7) is 7.31. The van der Waals surface area contributed by atoms with Gasteiger partial charge in [-0.15, -0.1) is 0 Å². The Kier molecular flexibility index (Phi) is 75.4. The van der Waals surface area contributed by atoms with Crippen molar-refractivity contribution in [3.63, 3.8) is 0 Å². The third kappa shape index (κ3) is 78.0. The number of carbonyl (C=O) groups excluding carboxylic acids is 4. The predicted octanol–water partition coefficient (Wildman–Crippen LogP) is 25.6. The molecular weight excluding hydrogens is 1340 g/mol. The molecule has 0 aliphatic carbocycles. The molecule has 103 heavy (non-hydrogen) atoms. The zero-order valence-electron chi connectivity index (χ0n) is 67.5. The standard InChI is InChI=1S/C84H164O17P2/c1-6-9-12-15-18-21-24-27-29-31-33-34-35-36-38-40-42-45-48-55-60-65-70-84(89)100-79(73-94-81(86)67-62-57-52-46-44-41-39-37-32-30-28-25-22-19-16-13-10-7-2)75-98-102(90,91)96-71-78(85)72-97-103(92,93)99-76-80(74-95-82(87)68-63-58-53-50-49-51-56-61-66-77(4)5)101-83(88)69-64-59-54-47-43-26-23-20-17-14-11-8-3/h77-80,85H,6-76H2,1-5H3,(H,90,91)(H,92,93)/t78-,79-,80-/m1/s1. The van der Waals surface area contributed by atoms with Gasteiger partial charge < -0.3 is 33.8 Å². The minimum atomic E-state index is -4.96. The first-order valence-corrected chi connectivity index (χ1v) is 46.6. The Labute approximate surface area is 632 Å². The van der Waals surface area contributed by atoms with E-state index in [2.05, 4.69) is 34.6 Å². The molecule has 0 aliphatic rings. The third-order valence-electron chi connectivity index (χ3n) is 19.8. The summed E-state index contributed by atoms with van der Waals surface area (Å²) < 4.78 is 68.8. The topological polar surface area (TPSA) is 237 Å². The first-order valence-electron chi connectivity index (χ1n) is 43.6. The number of ether oxygens (including phenoxy) is 4. The third-order valence-corrected chi connectivity index (χ3v) is 21.7. The normalized spacial score (nSPS) is 13.8. The van der Waals surface area contributed by atoms with Crippen molar-refractivity contribution in [2.24, 2.45) is 5.92 Å². The number of esters is 4. The van der Waals surface area contributed by atoms with Crippen LogP contribution in [-0.4, -0.2) is 96.7 Å². The van der Waals surface area contributed by atoms with Crippen molar-refractivity contribution in [2.75, 3.05) is 39.6 Å². The molecule has 0 aromatic rings. The van der Waals surface area contributed by atoms with E-state index in [9.17, 15) is 43.2 Å². The van der Waals surface area contributed by atoms with Gasteiger partial charge in [0.1, 0.15) is 19.3 Å². The van der Waals surface area contributed by atoms with Crippen LogP contribution in [0.4, 0.5) is 0 Å². The number of unbranched alkanes of at least 4 members (excludes halogenated alkanes) is 56. The van der Waals surface area contributed by atoms with E-state index < -0.39 is 97.5 Å². The Hall–Kier alpha value is -1.94.